The number of carbonyl (C=O) groups excluding carboxylic acids is 1. The van der Waals surface area contributed by atoms with Crippen LogP contribution in [-0.2, 0) is 4.79 Å². The zero-order valence-electron chi connectivity index (χ0n) is 14.3. The molecule has 3 aromatic heterocycles. The standard InChI is InChI=1S/C16H21N5O2/c1-8-10(3)23-14-11(8)13-19-12(20-21(13)7-17-14)9(2)18-15(22)16(4,5)6/h7,9H,1-6H3,(H,18,22)/t9-/m1/s1. The number of nitrogens with one attached hydrogen (secondary N) is 1. The summed E-state index contributed by atoms with van der Waals surface area (Å²) in [4.78, 5) is 21.0. The van der Waals surface area contributed by atoms with Gasteiger partial charge < -0.3 is 9.73 Å². The second-order valence-electron chi connectivity index (χ2n) is 6.89. The van der Waals surface area contributed by atoms with Crippen LogP contribution in [0.15, 0.2) is 10.7 Å². The van der Waals surface area contributed by atoms with Gasteiger partial charge in [-0.3, -0.25) is 4.79 Å². The summed E-state index contributed by atoms with van der Waals surface area (Å²) in [6.45, 7) is 11.4. The molecule has 0 aliphatic heterocycles. The van der Waals surface area contributed by atoms with Gasteiger partial charge in [0.1, 0.15) is 12.1 Å². The predicted molar refractivity (Wildman–Crippen MR) is 86.0 cm³/mol. The Morgan fingerprint density at radius 3 is 2.70 bits per heavy atom. The molecule has 0 unspecified atom stereocenters. The molecular formula is C16H21N5O2. The normalized spacial score (nSPS) is 13.7. The van der Waals surface area contributed by atoms with E-state index in [4.69, 9.17) is 4.42 Å². The Balaban J connectivity index is 2.03. The lowest BCUT2D eigenvalue weighted by Crippen LogP contribution is -2.36. The molecule has 7 nitrogen and oxygen atoms in total. The number of furan rings is 1. The number of aryl methyl sites for hydroxylation is 2. The number of amides is 1. The molecule has 1 amide bonds. The van der Waals surface area contributed by atoms with E-state index in [0.29, 0.717) is 17.2 Å². The summed E-state index contributed by atoms with van der Waals surface area (Å²) in [5.74, 6) is 1.33. The van der Waals surface area contributed by atoms with E-state index in [1.165, 1.54) is 0 Å². The third-order valence-electron chi connectivity index (χ3n) is 3.94. The first-order valence-corrected chi connectivity index (χ1v) is 7.60. The van der Waals surface area contributed by atoms with E-state index in [9.17, 15) is 4.79 Å². The van der Waals surface area contributed by atoms with Crippen molar-refractivity contribution in [1.82, 2.24) is 24.9 Å². The van der Waals surface area contributed by atoms with E-state index in [0.717, 1.165) is 16.7 Å². The van der Waals surface area contributed by atoms with E-state index in [2.05, 4.69) is 20.4 Å². The summed E-state index contributed by atoms with van der Waals surface area (Å²) in [6.07, 6.45) is 1.58. The van der Waals surface area contributed by atoms with Gasteiger partial charge in [0.05, 0.1) is 11.4 Å². The summed E-state index contributed by atoms with van der Waals surface area (Å²) in [5, 5.41) is 8.24. The molecule has 122 valence electrons. The zero-order valence-corrected chi connectivity index (χ0v) is 14.3. The summed E-state index contributed by atoms with van der Waals surface area (Å²) < 4.78 is 7.25. The minimum absolute atomic E-state index is 0.0394. The highest BCUT2D eigenvalue weighted by atomic mass is 16.3. The average molecular weight is 315 g/mol. The average Bonchev–Trinajstić information content (AvgIpc) is 2.99. The van der Waals surface area contributed by atoms with Gasteiger partial charge in [-0.1, -0.05) is 20.8 Å². The summed E-state index contributed by atoms with van der Waals surface area (Å²) in [7, 11) is 0. The van der Waals surface area contributed by atoms with Crippen LogP contribution in [0.3, 0.4) is 0 Å². The molecule has 0 aliphatic rings. The molecule has 0 aliphatic carbocycles. The molecule has 3 heterocycles. The van der Waals surface area contributed by atoms with Crippen molar-refractivity contribution in [2.45, 2.75) is 47.6 Å². The predicted octanol–water partition coefficient (Wildman–Crippen LogP) is 2.71. The fourth-order valence-corrected chi connectivity index (χ4v) is 2.32. The van der Waals surface area contributed by atoms with E-state index in [-0.39, 0.29) is 11.9 Å². The number of carbonyl (C=O) groups is 1. The van der Waals surface area contributed by atoms with Gasteiger partial charge in [0.15, 0.2) is 11.5 Å². The smallest absolute Gasteiger partial charge is 0.231 e. The topological polar surface area (TPSA) is 85.3 Å². The molecule has 7 heteroatoms. The quantitative estimate of drug-likeness (QED) is 0.786. The fourth-order valence-electron chi connectivity index (χ4n) is 2.32. The molecule has 0 spiro atoms. The molecule has 0 saturated heterocycles. The van der Waals surface area contributed by atoms with E-state index >= 15 is 0 Å². The van der Waals surface area contributed by atoms with Gasteiger partial charge in [0.2, 0.25) is 11.6 Å². The van der Waals surface area contributed by atoms with Gasteiger partial charge in [0.25, 0.3) is 0 Å². The molecule has 3 rings (SSSR count). The molecule has 1 atom stereocenters. The minimum atomic E-state index is -0.458. The highest BCUT2D eigenvalue weighted by Gasteiger charge is 2.25. The lowest BCUT2D eigenvalue weighted by Gasteiger charge is -2.20. The zero-order chi connectivity index (χ0) is 16.9. The number of aromatic nitrogens is 4. The number of fused-ring (bicyclic) bond motifs is 3. The summed E-state index contributed by atoms with van der Waals surface area (Å²) in [6, 6.07) is -0.287. The molecule has 0 radical (unpaired) electrons. The highest BCUT2D eigenvalue weighted by Crippen LogP contribution is 2.26. The number of rotatable bonds is 2. The van der Waals surface area contributed by atoms with Crippen molar-refractivity contribution in [1.29, 1.82) is 0 Å². The van der Waals surface area contributed by atoms with E-state index in [1.54, 1.807) is 10.8 Å². The molecule has 0 aromatic carbocycles. The van der Waals surface area contributed by atoms with Crippen molar-refractivity contribution in [3.63, 3.8) is 0 Å². The van der Waals surface area contributed by atoms with E-state index in [1.807, 2.05) is 41.5 Å². The van der Waals surface area contributed by atoms with Crippen molar-refractivity contribution in [3.8, 4) is 0 Å². The van der Waals surface area contributed by atoms with Crippen LogP contribution >= 0.6 is 0 Å². The van der Waals surface area contributed by atoms with Crippen LogP contribution in [0.5, 0.6) is 0 Å². The minimum Gasteiger partial charge on any atom is -0.443 e. The van der Waals surface area contributed by atoms with Crippen LogP contribution < -0.4 is 5.32 Å². The Kier molecular flexibility index (Phi) is 3.39. The molecule has 1 N–H and O–H groups in total. The first-order chi connectivity index (χ1) is 10.7. The Morgan fingerprint density at radius 2 is 2.04 bits per heavy atom. The van der Waals surface area contributed by atoms with Gasteiger partial charge in [-0.05, 0) is 20.8 Å². The highest BCUT2D eigenvalue weighted by molar-refractivity contribution is 5.91. The second kappa shape index (κ2) is 5.04. The summed E-state index contributed by atoms with van der Waals surface area (Å²) in [5.41, 5.74) is 1.79. The SMILES string of the molecule is Cc1oc2ncn3nc([C@@H](C)NC(=O)C(C)(C)C)nc3c2c1C. The Labute approximate surface area is 134 Å². The maximum absolute atomic E-state index is 12.1. The molecule has 0 bridgehead atoms. The first kappa shape index (κ1) is 15.5. The third-order valence-corrected chi connectivity index (χ3v) is 3.94. The van der Waals surface area contributed by atoms with Gasteiger partial charge in [-0.2, -0.15) is 0 Å². The van der Waals surface area contributed by atoms with Crippen LogP contribution in [0, 0.1) is 19.3 Å². The van der Waals surface area contributed by atoms with Crippen molar-refractivity contribution < 1.29 is 9.21 Å². The van der Waals surface area contributed by atoms with Crippen LogP contribution in [0.1, 0.15) is 50.9 Å². The molecule has 0 saturated carbocycles. The fraction of sp³-hybridized carbons (Fsp3) is 0.500. The van der Waals surface area contributed by atoms with E-state index < -0.39 is 5.41 Å². The van der Waals surface area contributed by atoms with Crippen molar-refractivity contribution in [2.75, 3.05) is 0 Å². The Morgan fingerprint density at radius 1 is 1.35 bits per heavy atom. The number of hydrogen-bond donors (Lipinski definition) is 1. The van der Waals surface area contributed by atoms with Gasteiger partial charge in [-0.15, -0.1) is 5.10 Å². The molecule has 0 fully saturated rings. The van der Waals surface area contributed by atoms with Crippen LogP contribution in [0.4, 0.5) is 0 Å². The largest absolute Gasteiger partial charge is 0.443 e. The Bertz CT molecular complexity index is 901. The first-order valence-electron chi connectivity index (χ1n) is 7.60. The maximum atomic E-state index is 12.1. The van der Waals surface area contributed by atoms with Crippen LogP contribution in [-0.4, -0.2) is 25.5 Å². The molecular weight excluding hydrogens is 294 g/mol. The third kappa shape index (κ3) is 2.56. The van der Waals surface area contributed by atoms with Crippen LogP contribution in [0.2, 0.25) is 0 Å². The lowest BCUT2D eigenvalue weighted by molar-refractivity contribution is -0.129. The maximum Gasteiger partial charge on any atom is 0.231 e. The molecule has 23 heavy (non-hydrogen) atoms. The lowest BCUT2D eigenvalue weighted by atomic mass is 9.95. The number of hydrogen-bond acceptors (Lipinski definition) is 5. The number of nitrogens with zero attached hydrogens (tertiary/aromatic N) is 4. The van der Waals surface area contributed by atoms with Gasteiger partial charge in [-0.25, -0.2) is 14.5 Å². The van der Waals surface area contributed by atoms with Gasteiger partial charge >= 0.3 is 0 Å². The molecule has 3 aromatic rings. The van der Waals surface area contributed by atoms with Crippen molar-refractivity contribution in [2.24, 2.45) is 5.41 Å². The van der Waals surface area contributed by atoms with Gasteiger partial charge in [0, 0.05) is 11.0 Å². The van der Waals surface area contributed by atoms with Crippen LogP contribution in [0.25, 0.3) is 16.7 Å². The van der Waals surface area contributed by atoms with Crippen molar-refractivity contribution >= 4 is 22.7 Å². The monoisotopic (exact) mass is 315 g/mol. The second-order valence-corrected chi connectivity index (χ2v) is 6.89. The Hall–Kier alpha value is -2.44. The van der Waals surface area contributed by atoms with Crippen molar-refractivity contribution in [3.05, 3.63) is 23.5 Å². The summed E-state index contributed by atoms with van der Waals surface area (Å²) >= 11 is 0.